The molecule has 0 amide bonds. The summed E-state index contributed by atoms with van der Waals surface area (Å²) in [6, 6.07) is 7.03. The van der Waals surface area contributed by atoms with Crippen molar-refractivity contribution in [3.05, 3.63) is 80.6 Å². The van der Waals surface area contributed by atoms with Gasteiger partial charge in [0.15, 0.2) is 11.6 Å². The SMILES string of the molecule is COc1cccc(-c2c(C)c(Cc3c(F)cccc3C(F)(F)F)c3n(c2=O)C(CNCCCN2CCCCC2)CS3)c1F. The summed E-state index contributed by atoms with van der Waals surface area (Å²) in [6.45, 7) is 6.04. The lowest BCUT2D eigenvalue weighted by molar-refractivity contribution is -0.138. The second kappa shape index (κ2) is 13.4. The molecule has 1 fully saturated rings. The van der Waals surface area contributed by atoms with Gasteiger partial charge in [0.1, 0.15) is 5.82 Å². The van der Waals surface area contributed by atoms with Gasteiger partial charge in [-0.15, -0.1) is 11.8 Å². The fourth-order valence-corrected chi connectivity index (χ4v) is 7.55. The molecule has 3 heterocycles. The topological polar surface area (TPSA) is 46.5 Å². The molecule has 0 bridgehead atoms. The molecule has 1 unspecified atom stereocenters. The highest BCUT2D eigenvalue weighted by Crippen LogP contribution is 2.42. The number of hydrogen-bond acceptors (Lipinski definition) is 5. The fraction of sp³-hybridized carbons (Fsp3) is 0.469. The number of alkyl halides is 3. The Morgan fingerprint density at radius 2 is 1.79 bits per heavy atom. The Kier molecular flexibility index (Phi) is 9.83. The number of ether oxygens (including phenoxy) is 1. The van der Waals surface area contributed by atoms with E-state index in [9.17, 15) is 18.0 Å². The van der Waals surface area contributed by atoms with E-state index < -0.39 is 40.9 Å². The van der Waals surface area contributed by atoms with Crippen LogP contribution in [0.4, 0.5) is 22.0 Å². The number of methoxy groups -OCH3 is 1. The van der Waals surface area contributed by atoms with Gasteiger partial charge in [0.25, 0.3) is 5.56 Å². The van der Waals surface area contributed by atoms with E-state index in [1.807, 2.05) is 0 Å². The number of rotatable bonds is 10. The third kappa shape index (κ3) is 6.63. The molecule has 43 heavy (non-hydrogen) atoms. The maximum absolute atomic E-state index is 15.5. The summed E-state index contributed by atoms with van der Waals surface area (Å²) in [6.07, 6.45) is -0.488. The molecule has 0 radical (unpaired) electrons. The van der Waals surface area contributed by atoms with Crippen LogP contribution in [-0.4, -0.2) is 55.1 Å². The van der Waals surface area contributed by atoms with Gasteiger partial charge < -0.3 is 15.0 Å². The zero-order valence-corrected chi connectivity index (χ0v) is 25.1. The molecule has 0 spiro atoms. The standard InChI is InChI=1S/C32H36F5N3O2S/c1-20-23(17-24-25(32(35,36)37)10-7-11-26(24)33)31-40(30(41)28(20)22-9-6-12-27(42-2)29(22)34)21(19-43-31)18-38-13-8-16-39-14-4-3-5-15-39/h6-7,9-12,21,38H,3-5,8,13-19H2,1-2H3. The van der Waals surface area contributed by atoms with Crippen molar-refractivity contribution >= 4 is 11.8 Å². The lowest BCUT2D eigenvalue weighted by Gasteiger charge is -2.26. The van der Waals surface area contributed by atoms with Crippen molar-refractivity contribution in [2.45, 2.75) is 56.3 Å². The van der Waals surface area contributed by atoms with Crippen LogP contribution in [0, 0.1) is 18.6 Å². The minimum atomic E-state index is -4.77. The highest BCUT2D eigenvalue weighted by atomic mass is 32.2. The van der Waals surface area contributed by atoms with Crippen LogP contribution in [0.3, 0.4) is 0 Å². The molecular weight excluding hydrogens is 585 g/mol. The average molecular weight is 622 g/mol. The van der Waals surface area contributed by atoms with Crippen LogP contribution in [0.2, 0.25) is 0 Å². The van der Waals surface area contributed by atoms with Crippen molar-refractivity contribution < 1.29 is 26.7 Å². The van der Waals surface area contributed by atoms with E-state index >= 15 is 8.78 Å². The molecule has 2 aromatic carbocycles. The van der Waals surface area contributed by atoms with E-state index in [4.69, 9.17) is 4.74 Å². The summed E-state index contributed by atoms with van der Waals surface area (Å²) in [5.74, 6) is -1.27. The largest absolute Gasteiger partial charge is 0.494 e. The maximum Gasteiger partial charge on any atom is 0.416 e. The number of hydrogen-bond donors (Lipinski definition) is 1. The van der Waals surface area contributed by atoms with Crippen LogP contribution in [-0.2, 0) is 12.6 Å². The first-order valence-electron chi connectivity index (χ1n) is 14.6. The van der Waals surface area contributed by atoms with E-state index in [0.29, 0.717) is 28.5 Å². The smallest absolute Gasteiger partial charge is 0.416 e. The number of aromatic nitrogens is 1. The maximum atomic E-state index is 15.5. The Labute approximate surface area is 252 Å². The Hall–Kier alpha value is -2.89. The van der Waals surface area contributed by atoms with Crippen molar-refractivity contribution in [2.24, 2.45) is 0 Å². The Bertz CT molecular complexity index is 1520. The lowest BCUT2D eigenvalue weighted by atomic mass is 9.92. The summed E-state index contributed by atoms with van der Waals surface area (Å²) in [5, 5.41) is 3.93. The fourth-order valence-electron chi connectivity index (χ4n) is 6.16. The minimum Gasteiger partial charge on any atom is -0.494 e. The number of benzene rings is 2. The quantitative estimate of drug-likeness (QED) is 0.199. The van der Waals surface area contributed by atoms with Gasteiger partial charge in [0.05, 0.1) is 29.3 Å². The molecule has 232 valence electrons. The molecule has 0 saturated carbocycles. The molecule has 11 heteroatoms. The first-order valence-corrected chi connectivity index (χ1v) is 15.6. The van der Waals surface area contributed by atoms with Crippen molar-refractivity contribution in [1.29, 1.82) is 0 Å². The molecule has 1 saturated heterocycles. The van der Waals surface area contributed by atoms with Gasteiger partial charge in [-0.25, -0.2) is 8.78 Å². The highest BCUT2D eigenvalue weighted by molar-refractivity contribution is 7.99. The number of pyridine rings is 1. The van der Waals surface area contributed by atoms with Gasteiger partial charge >= 0.3 is 6.18 Å². The van der Waals surface area contributed by atoms with Gasteiger partial charge in [-0.3, -0.25) is 9.36 Å². The molecule has 0 aliphatic carbocycles. The zero-order valence-electron chi connectivity index (χ0n) is 24.3. The predicted molar refractivity (Wildman–Crippen MR) is 159 cm³/mol. The number of likely N-dealkylation sites (tertiary alicyclic amines) is 1. The van der Waals surface area contributed by atoms with E-state index in [1.54, 1.807) is 17.6 Å². The third-order valence-electron chi connectivity index (χ3n) is 8.40. The molecular formula is C32H36F5N3O2S. The number of fused-ring (bicyclic) bond motifs is 1. The lowest BCUT2D eigenvalue weighted by Crippen LogP contribution is -2.35. The third-order valence-corrected chi connectivity index (χ3v) is 9.67. The van der Waals surface area contributed by atoms with E-state index in [1.165, 1.54) is 50.3 Å². The van der Waals surface area contributed by atoms with Gasteiger partial charge in [0.2, 0.25) is 0 Å². The van der Waals surface area contributed by atoms with Crippen molar-refractivity contribution in [3.8, 4) is 16.9 Å². The van der Waals surface area contributed by atoms with Crippen LogP contribution in [0.25, 0.3) is 11.1 Å². The van der Waals surface area contributed by atoms with Crippen LogP contribution in [0.1, 0.15) is 54.0 Å². The van der Waals surface area contributed by atoms with E-state index in [-0.39, 0.29) is 22.9 Å². The molecule has 5 nitrogen and oxygen atoms in total. The van der Waals surface area contributed by atoms with Gasteiger partial charge in [-0.1, -0.05) is 24.6 Å². The first-order chi connectivity index (χ1) is 20.6. The summed E-state index contributed by atoms with van der Waals surface area (Å²) in [5.41, 5.74) is -1.27. The zero-order chi connectivity index (χ0) is 30.7. The first kappa shape index (κ1) is 31.5. The molecule has 2 aliphatic rings. The Balaban J connectivity index is 1.53. The summed E-state index contributed by atoms with van der Waals surface area (Å²) in [7, 11) is 1.32. The van der Waals surface area contributed by atoms with Crippen molar-refractivity contribution in [1.82, 2.24) is 14.8 Å². The molecule has 5 rings (SSSR count). The van der Waals surface area contributed by atoms with Crippen LogP contribution < -0.4 is 15.6 Å². The predicted octanol–water partition coefficient (Wildman–Crippen LogP) is 6.83. The second-order valence-electron chi connectivity index (χ2n) is 11.1. The number of thioether (sulfide) groups is 1. The number of piperidine rings is 1. The van der Waals surface area contributed by atoms with Gasteiger partial charge in [-0.05, 0) is 81.7 Å². The van der Waals surface area contributed by atoms with Gasteiger partial charge in [0, 0.05) is 29.8 Å². The van der Waals surface area contributed by atoms with Crippen LogP contribution >= 0.6 is 11.8 Å². The molecule has 3 aromatic rings. The van der Waals surface area contributed by atoms with Crippen LogP contribution in [0.5, 0.6) is 5.75 Å². The van der Waals surface area contributed by atoms with Crippen molar-refractivity contribution in [3.63, 3.8) is 0 Å². The highest BCUT2D eigenvalue weighted by Gasteiger charge is 2.36. The number of nitrogens with one attached hydrogen (secondary N) is 1. The summed E-state index contributed by atoms with van der Waals surface area (Å²) < 4.78 is 79.0. The second-order valence-corrected chi connectivity index (χ2v) is 12.2. The summed E-state index contributed by atoms with van der Waals surface area (Å²) in [4.78, 5) is 16.5. The summed E-state index contributed by atoms with van der Waals surface area (Å²) >= 11 is 1.36. The van der Waals surface area contributed by atoms with Crippen LogP contribution in [0.15, 0.2) is 46.2 Å². The minimum absolute atomic E-state index is 0.00637. The van der Waals surface area contributed by atoms with E-state index in [0.717, 1.165) is 50.8 Å². The van der Waals surface area contributed by atoms with Crippen molar-refractivity contribution in [2.75, 3.05) is 45.6 Å². The normalized spacial score (nSPS) is 17.3. The number of nitrogens with zero attached hydrogens (tertiary/aromatic N) is 2. The Morgan fingerprint density at radius 1 is 1.05 bits per heavy atom. The van der Waals surface area contributed by atoms with Gasteiger partial charge in [-0.2, -0.15) is 13.2 Å². The molecule has 1 N–H and O–H groups in total. The molecule has 2 aliphatic heterocycles. The number of halogens is 5. The Morgan fingerprint density at radius 3 is 2.51 bits per heavy atom. The average Bonchev–Trinajstić information content (AvgIpc) is 3.40. The van der Waals surface area contributed by atoms with E-state index in [2.05, 4.69) is 10.2 Å². The monoisotopic (exact) mass is 621 g/mol. The molecule has 1 aromatic heterocycles. The molecule has 1 atom stereocenters.